The molecule has 1 rings (SSSR count). The Morgan fingerprint density at radius 1 is 1.37 bits per heavy atom. The molecule has 0 atom stereocenters. The number of nitrogens with zero attached hydrogens (tertiary/aromatic N) is 3. The number of pyridine rings is 1. The molecular weight excluding hydrogens is 244 g/mol. The van der Waals surface area contributed by atoms with Crippen LogP contribution in [-0.4, -0.2) is 54.7 Å². The van der Waals surface area contributed by atoms with Crippen molar-refractivity contribution in [3.63, 3.8) is 0 Å². The van der Waals surface area contributed by atoms with E-state index in [2.05, 4.69) is 21.7 Å². The highest BCUT2D eigenvalue weighted by Gasteiger charge is 2.13. The van der Waals surface area contributed by atoms with Gasteiger partial charge in [0.05, 0.1) is 11.3 Å². The third-order valence-electron chi connectivity index (χ3n) is 2.75. The van der Waals surface area contributed by atoms with Gasteiger partial charge in [0.25, 0.3) is 0 Å². The SMILES string of the molecule is CCCN(CCN(C)C)c1ncc(C(=O)O)cc1N. The molecule has 0 radical (unpaired) electrons. The fraction of sp³-hybridized carbons (Fsp3) is 0.538. The normalized spacial score (nSPS) is 10.7. The van der Waals surface area contributed by atoms with Gasteiger partial charge in [0, 0.05) is 25.8 Å². The molecule has 0 aliphatic carbocycles. The van der Waals surface area contributed by atoms with E-state index in [0.717, 1.165) is 26.1 Å². The Morgan fingerprint density at radius 2 is 2.05 bits per heavy atom. The van der Waals surface area contributed by atoms with Crippen LogP contribution in [-0.2, 0) is 0 Å². The molecule has 0 spiro atoms. The van der Waals surface area contributed by atoms with E-state index in [1.54, 1.807) is 0 Å². The summed E-state index contributed by atoms with van der Waals surface area (Å²) in [6, 6.07) is 1.46. The van der Waals surface area contributed by atoms with Crippen molar-refractivity contribution in [3.05, 3.63) is 17.8 Å². The van der Waals surface area contributed by atoms with Gasteiger partial charge in [0.15, 0.2) is 5.82 Å². The van der Waals surface area contributed by atoms with Crippen LogP contribution in [0, 0.1) is 0 Å². The van der Waals surface area contributed by atoms with Crippen LogP contribution in [0.4, 0.5) is 11.5 Å². The number of aromatic carboxylic acids is 1. The first-order chi connectivity index (χ1) is 8.95. The zero-order valence-corrected chi connectivity index (χ0v) is 11.8. The molecule has 0 saturated heterocycles. The van der Waals surface area contributed by atoms with Crippen molar-refractivity contribution in [1.82, 2.24) is 9.88 Å². The van der Waals surface area contributed by atoms with E-state index in [4.69, 9.17) is 10.8 Å². The van der Waals surface area contributed by atoms with Crippen LogP contribution in [0.3, 0.4) is 0 Å². The Bertz CT molecular complexity index is 435. The predicted octanol–water partition coefficient (Wildman–Crippen LogP) is 1.14. The maximum absolute atomic E-state index is 10.9. The Morgan fingerprint density at radius 3 is 2.53 bits per heavy atom. The molecule has 6 heteroatoms. The maximum Gasteiger partial charge on any atom is 0.337 e. The number of nitrogen functional groups attached to an aromatic ring is 1. The number of aromatic nitrogens is 1. The molecule has 0 aliphatic heterocycles. The van der Waals surface area contributed by atoms with Crippen molar-refractivity contribution >= 4 is 17.5 Å². The van der Waals surface area contributed by atoms with Crippen LogP contribution in [0.2, 0.25) is 0 Å². The number of carbonyl (C=O) groups is 1. The third kappa shape index (κ3) is 4.40. The number of carboxylic acid groups (broad SMARTS) is 1. The summed E-state index contributed by atoms with van der Waals surface area (Å²) in [4.78, 5) is 19.2. The van der Waals surface area contributed by atoms with Crippen LogP contribution < -0.4 is 10.6 Å². The Hall–Kier alpha value is -1.82. The van der Waals surface area contributed by atoms with Crippen LogP contribution in [0.1, 0.15) is 23.7 Å². The highest BCUT2D eigenvalue weighted by molar-refractivity contribution is 5.89. The molecule has 0 unspecified atom stereocenters. The fourth-order valence-corrected chi connectivity index (χ4v) is 1.77. The quantitative estimate of drug-likeness (QED) is 0.770. The van der Waals surface area contributed by atoms with Gasteiger partial charge in [0.1, 0.15) is 0 Å². The molecule has 6 nitrogen and oxygen atoms in total. The average molecular weight is 266 g/mol. The first-order valence-electron chi connectivity index (χ1n) is 6.34. The predicted molar refractivity (Wildman–Crippen MR) is 76.7 cm³/mol. The number of hydrogen-bond acceptors (Lipinski definition) is 5. The second-order valence-corrected chi connectivity index (χ2v) is 4.73. The van der Waals surface area contributed by atoms with Crippen LogP contribution in [0.5, 0.6) is 0 Å². The number of carboxylic acids is 1. The third-order valence-corrected chi connectivity index (χ3v) is 2.75. The first kappa shape index (κ1) is 15.2. The lowest BCUT2D eigenvalue weighted by molar-refractivity contribution is 0.0696. The van der Waals surface area contributed by atoms with Gasteiger partial charge >= 0.3 is 5.97 Å². The minimum Gasteiger partial charge on any atom is -0.478 e. The van der Waals surface area contributed by atoms with Gasteiger partial charge in [-0.2, -0.15) is 0 Å². The number of likely N-dealkylation sites (N-methyl/N-ethyl adjacent to an activating group) is 1. The molecule has 1 heterocycles. The highest BCUT2D eigenvalue weighted by Crippen LogP contribution is 2.21. The summed E-state index contributed by atoms with van der Waals surface area (Å²) in [6.07, 6.45) is 2.33. The van der Waals surface area contributed by atoms with Crippen molar-refractivity contribution in [2.45, 2.75) is 13.3 Å². The molecule has 19 heavy (non-hydrogen) atoms. The molecule has 0 aliphatic rings. The lowest BCUT2D eigenvalue weighted by Gasteiger charge is -2.26. The van der Waals surface area contributed by atoms with Crippen molar-refractivity contribution < 1.29 is 9.90 Å². The van der Waals surface area contributed by atoms with Crippen molar-refractivity contribution in [2.24, 2.45) is 0 Å². The smallest absolute Gasteiger partial charge is 0.337 e. The van der Waals surface area contributed by atoms with Gasteiger partial charge in [-0.05, 0) is 26.6 Å². The average Bonchev–Trinajstić information content (AvgIpc) is 2.34. The summed E-state index contributed by atoms with van der Waals surface area (Å²) in [5, 5.41) is 8.90. The molecule has 0 saturated carbocycles. The Labute approximate surface area is 113 Å². The summed E-state index contributed by atoms with van der Waals surface area (Å²) in [6.45, 7) is 4.63. The first-order valence-corrected chi connectivity index (χ1v) is 6.34. The second kappa shape index (κ2) is 6.94. The highest BCUT2D eigenvalue weighted by atomic mass is 16.4. The minimum atomic E-state index is -1.01. The number of hydrogen-bond donors (Lipinski definition) is 2. The molecular formula is C13H22N4O2. The van der Waals surface area contributed by atoms with Crippen molar-refractivity contribution in [1.29, 1.82) is 0 Å². The molecule has 0 amide bonds. The van der Waals surface area contributed by atoms with Crippen LogP contribution >= 0.6 is 0 Å². The fourth-order valence-electron chi connectivity index (χ4n) is 1.77. The van der Waals surface area contributed by atoms with E-state index in [1.165, 1.54) is 12.3 Å². The van der Waals surface area contributed by atoms with Gasteiger partial charge in [-0.15, -0.1) is 0 Å². The summed E-state index contributed by atoms with van der Waals surface area (Å²) in [5.41, 5.74) is 6.44. The summed E-state index contributed by atoms with van der Waals surface area (Å²) < 4.78 is 0. The van der Waals surface area contributed by atoms with Gasteiger partial charge in [-0.3, -0.25) is 0 Å². The van der Waals surface area contributed by atoms with E-state index in [0.29, 0.717) is 11.5 Å². The van der Waals surface area contributed by atoms with Gasteiger partial charge in [-0.1, -0.05) is 6.92 Å². The van der Waals surface area contributed by atoms with E-state index < -0.39 is 5.97 Å². The standard InChI is InChI=1S/C13H22N4O2/c1-4-5-17(7-6-16(2)3)12-11(14)8-10(9-15-12)13(18)19/h8-9H,4-7,14H2,1-3H3,(H,18,19). The molecule has 3 N–H and O–H groups in total. The number of nitrogens with two attached hydrogens (primary N) is 1. The number of anilines is 2. The van der Waals surface area contributed by atoms with Gasteiger partial charge < -0.3 is 20.6 Å². The van der Waals surface area contributed by atoms with Crippen LogP contribution in [0.25, 0.3) is 0 Å². The molecule has 1 aromatic rings. The van der Waals surface area contributed by atoms with Gasteiger partial charge in [-0.25, -0.2) is 9.78 Å². The summed E-state index contributed by atoms with van der Waals surface area (Å²) >= 11 is 0. The molecule has 0 aromatic carbocycles. The maximum atomic E-state index is 10.9. The molecule has 0 bridgehead atoms. The van der Waals surface area contributed by atoms with E-state index in [9.17, 15) is 4.79 Å². The van der Waals surface area contributed by atoms with Crippen molar-refractivity contribution in [3.8, 4) is 0 Å². The summed E-state index contributed by atoms with van der Waals surface area (Å²) in [5.74, 6) is -0.352. The van der Waals surface area contributed by atoms with Gasteiger partial charge in [0.2, 0.25) is 0 Å². The largest absolute Gasteiger partial charge is 0.478 e. The lowest BCUT2D eigenvalue weighted by atomic mass is 10.2. The lowest BCUT2D eigenvalue weighted by Crippen LogP contribution is -2.33. The molecule has 1 aromatic heterocycles. The molecule has 0 fully saturated rings. The second-order valence-electron chi connectivity index (χ2n) is 4.73. The topological polar surface area (TPSA) is 82.7 Å². The zero-order valence-electron chi connectivity index (χ0n) is 11.8. The minimum absolute atomic E-state index is 0.116. The molecule has 106 valence electrons. The Kier molecular flexibility index (Phi) is 5.57. The zero-order chi connectivity index (χ0) is 14.4. The number of rotatable bonds is 7. The van der Waals surface area contributed by atoms with E-state index in [1.807, 2.05) is 14.1 Å². The van der Waals surface area contributed by atoms with Crippen molar-refractivity contribution in [2.75, 3.05) is 44.4 Å². The van der Waals surface area contributed by atoms with E-state index >= 15 is 0 Å². The monoisotopic (exact) mass is 266 g/mol. The Balaban J connectivity index is 2.92. The van der Waals surface area contributed by atoms with Crippen LogP contribution in [0.15, 0.2) is 12.3 Å². The summed E-state index contributed by atoms with van der Waals surface area (Å²) in [7, 11) is 4.02. The van der Waals surface area contributed by atoms with E-state index in [-0.39, 0.29) is 5.56 Å².